The molecule has 1 aromatic carbocycles. The van der Waals surface area contributed by atoms with Gasteiger partial charge in [-0.25, -0.2) is 8.42 Å². The van der Waals surface area contributed by atoms with Crippen LogP contribution in [0.5, 0.6) is 5.75 Å². The van der Waals surface area contributed by atoms with Gasteiger partial charge in [0.2, 0.25) is 3.79 Å². The minimum absolute atomic E-state index is 0.0529. The van der Waals surface area contributed by atoms with Crippen molar-refractivity contribution in [1.82, 2.24) is 10.6 Å². The van der Waals surface area contributed by atoms with Gasteiger partial charge in [0.1, 0.15) is 11.9 Å². The van der Waals surface area contributed by atoms with Crippen LogP contribution in [0.15, 0.2) is 24.3 Å². The third kappa shape index (κ3) is 5.39. The molecule has 1 heterocycles. The SMILES string of the molecule is COc1ccc(C(=O)N[C@@H](N[C@@H]2CCS(=O)(=O)C2)C(Cl)(Cl)Cl)cc1. The summed E-state index contributed by atoms with van der Waals surface area (Å²) in [5, 5.41) is 5.49. The number of alkyl halides is 3. The van der Waals surface area contributed by atoms with E-state index in [1.165, 1.54) is 7.11 Å². The van der Waals surface area contributed by atoms with Gasteiger partial charge in [0.25, 0.3) is 5.91 Å². The lowest BCUT2D eigenvalue weighted by molar-refractivity contribution is 0.0927. The molecule has 2 rings (SSSR count). The molecule has 0 aromatic heterocycles. The highest BCUT2D eigenvalue weighted by Crippen LogP contribution is 2.30. The minimum Gasteiger partial charge on any atom is -0.497 e. The van der Waals surface area contributed by atoms with Gasteiger partial charge < -0.3 is 10.1 Å². The predicted molar refractivity (Wildman–Crippen MR) is 94.7 cm³/mol. The van der Waals surface area contributed by atoms with Crippen molar-refractivity contribution in [2.45, 2.75) is 22.4 Å². The number of hydrogen-bond donors (Lipinski definition) is 2. The molecule has 24 heavy (non-hydrogen) atoms. The molecule has 1 fully saturated rings. The number of nitrogens with one attached hydrogen (secondary N) is 2. The van der Waals surface area contributed by atoms with Crippen molar-refractivity contribution in [2.24, 2.45) is 0 Å². The average Bonchev–Trinajstić information content (AvgIpc) is 2.84. The summed E-state index contributed by atoms with van der Waals surface area (Å²) in [5.74, 6) is 0.174. The summed E-state index contributed by atoms with van der Waals surface area (Å²) in [4.78, 5) is 12.3. The minimum atomic E-state index is -3.09. The monoisotopic (exact) mass is 414 g/mol. The van der Waals surface area contributed by atoms with Gasteiger partial charge in [-0.15, -0.1) is 0 Å². The molecule has 10 heteroatoms. The normalized spacial score (nSPS) is 21.2. The molecule has 1 saturated heterocycles. The quantitative estimate of drug-likeness (QED) is 0.567. The first-order valence-electron chi connectivity index (χ1n) is 7.09. The Bertz CT molecular complexity index is 689. The van der Waals surface area contributed by atoms with E-state index in [0.717, 1.165) is 0 Å². The molecule has 1 aromatic rings. The summed E-state index contributed by atoms with van der Waals surface area (Å²) in [6, 6.07) is 6.03. The summed E-state index contributed by atoms with van der Waals surface area (Å²) in [7, 11) is -1.57. The van der Waals surface area contributed by atoms with E-state index in [1.807, 2.05) is 0 Å². The van der Waals surface area contributed by atoms with Crippen LogP contribution in [0.25, 0.3) is 0 Å². The predicted octanol–water partition coefficient (Wildman–Crippen LogP) is 1.90. The van der Waals surface area contributed by atoms with Crippen LogP contribution in [0, 0.1) is 0 Å². The molecule has 134 valence electrons. The molecule has 0 spiro atoms. The first-order valence-corrected chi connectivity index (χ1v) is 10.0. The maximum absolute atomic E-state index is 12.3. The zero-order chi connectivity index (χ0) is 18.0. The van der Waals surface area contributed by atoms with E-state index in [1.54, 1.807) is 24.3 Å². The van der Waals surface area contributed by atoms with E-state index in [4.69, 9.17) is 39.5 Å². The Morgan fingerprint density at radius 1 is 1.29 bits per heavy atom. The first-order chi connectivity index (χ1) is 11.1. The van der Waals surface area contributed by atoms with E-state index in [-0.39, 0.29) is 17.5 Å². The van der Waals surface area contributed by atoms with Gasteiger partial charge in [-0.05, 0) is 30.7 Å². The molecule has 1 amide bonds. The maximum Gasteiger partial charge on any atom is 0.252 e. The second-order valence-electron chi connectivity index (χ2n) is 5.44. The number of carbonyl (C=O) groups excluding carboxylic acids is 1. The Morgan fingerprint density at radius 2 is 1.92 bits per heavy atom. The fourth-order valence-corrected chi connectivity index (χ4v) is 4.38. The number of methoxy groups -OCH3 is 1. The van der Waals surface area contributed by atoms with Crippen LogP contribution in [-0.4, -0.2) is 48.9 Å². The number of carbonyl (C=O) groups is 1. The van der Waals surface area contributed by atoms with Gasteiger partial charge in [0.05, 0.1) is 18.6 Å². The Hall–Kier alpha value is -0.730. The summed E-state index contributed by atoms with van der Waals surface area (Å²) in [6.07, 6.45) is -0.631. The van der Waals surface area contributed by atoms with Crippen LogP contribution in [-0.2, 0) is 9.84 Å². The Kier molecular flexibility index (Phi) is 6.25. The third-order valence-corrected chi connectivity index (χ3v) is 6.01. The molecule has 0 bridgehead atoms. The Morgan fingerprint density at radius 3 is 2.38 bits per heavy atom. The molecule has 0 aliphatic carbocycles. The molecular formula is C14H17Cl3N2O4S. The van der Waals surface area contributed by atoms with Gasteiger partial charge in [-0.1, -0.05) is 34.8 Å². The van der Waals surface area contributed by atoms with Gasteiger partial charge >= 0.3 is 0 Å². The molecule has 2 atom stereocenters. The zero-order valence-corrected chi connectivity index (χ0v) is 15.8. The van der Waals surface area contributed by atoms with Crippen LogP contribution in [0.3, 0.4) is 0 Å². The number of benzene rings is 1. The highest BCUT2D eigenvalue weighted by atomic mass is 35.6. The molecule has 1 aliphatic rings. The van der Waals surface area contributed by atoms with Crippen molar-refractivity contribution in [1.29, 1.82) is 0 Å². The molecule has 0 saturated carbocycles. The van der Waals surface area contributed by atoms with Crippen molar-refractivity contribution in [3.05, 3.63) is 29.8 Å². The summed E-state index contributed by atoms with van der Waals surface area (Å²) >= 11 is 17.7. The van der Waals surface area contributed by atoms with E-state index in [0.29, 0.717) is 17.7 Å². The van der Waals surface area contributed by atoms with Gasteiger partial charge in [-0.2, -0.15) is 0 Å². The Labute approximate surface area is 155 Å². The number of ether oxygens (including phenoxy) is 1. The van der Waals surface area contributed by atoms with Gasteiger partial charge in [-0.3, -0.25) is 10.1 Å². The van der Waals surface area contributed by atoms with Crippen LogP contribution in [0.1, 0.15) is 16.8 Å². The number of rotatable bonds is 5. The van der Waals surface area contributed by atoms with Crippen molar-refractivity contribution in [3.63, 3.8) is 0 Å². The molecule has 0 radical (unpaired) electrons. The number of amides is 1. The molecule has 2 N–H and O–H groups in total. The van der Waals surface area contributed by atoms with Gasteiger partial charge in [0, 0.05) is 11.6 Å². The molecular weight excluding hydrogens is 399 g/mol. The summed E-state index contributed by atoms with van der Waals surface area (Å²) in [5.41, 5.74) is 0.357. The summed E-state index contributed by atoms with van der Waals surface area (Å²) in [6.45, 7) is 0. The van der Waals surface area contributed by atoms with E-state index in [9.17, 15) is 13.2 Å². The fraction of sp³-hybridized carbons (Fsp3) is 0.500. The van der Waals surface area contributed by atoms with Crippen molar-refractivity contribution >= 4 is 50.5 Å². The van der Waals surface area contributed by atoms with Crippen molar-refractivity contribution in [2.75, 3.05) is 18.6 Å². The van der Waals surface area contributed by atoms with E-state index in [2.05, 4.69) is 10.6 Å². The lowest BCUT2D eigenvalue weighted by atomic mass is 10.2. The number of sulfone groups is 1. The highest BCUT2D eigenvalue weighted by molar-refractivity contribution is 7.91. The molecule has 1 aliphatic heterocycles. The van der Waals surface area contributed by atoms with E-state index >= 15 is 0 Å². The second kappa shape index (κ2) is 7.66. The molecule has 0 unspecified atom stereocenters. The molecule has 6 nitrogen and oxygen atoms in total. The van der Waals surface area contributed by atoms with E-state index < -0.39 is 25.7 Å². The van der Waals surface area contributed by atoms with Crippen molar-refractivity contribution in [3.8, 4) is 5.75 Å². The average molecular weight is 416 g/mol. The standard InChI is InChI=1S/C14H17Cl3N2O4S/c1-23-11-4-2-9(3-5-11)12(20)19-13(14(15,16)17)18-10-6-7-24(21,22)8-10/h2-5,10,13,18H,6-8H2,1H3,(H,19,20)/t10-,13-/m1/s1. The second-order valence-corrected chi connectivity index (χ2v) is 10.0. The van der Waals surface area contributed by atoms with Crippen LogP contribution >= 0.6 is 34.8 Å². The lowest BCUT2D eigenvalue weighted by Crippen LogP contribution is -2.56. The number of halogens is 3. The van der Waals surface area contributed by atoms with Crippen LogP contribution in [0.2, 0.25) is 0 Å². The van der Waals surface area contributed by atoms with Gasteiger partial charge in [0.15, 0.2) is 9.84 Å². The smallest absolute Gasteiger partial charge is 0.252 e. The third-order valence-electron chi connectivity index (χ3n) is 3.59. The van der Waals surface area contributed by atoms with Crippen LogP contribution in [0.4, 0.5) is 0 Å². The maximum atomic E-state index is 12.3. The largest absolute Gasteiger partial charge is 0.497 e. The highest BCUT2D eigenvalue weighted by Gasteiger charge is 2.38. The Balaban J connectivity index is 2.06. The fourth-order valence-electron chi connectivity index (χ4n) is 2.34. The first kappa shape index (κ1) is 19.6. The zero-order valence-electron chi connectivity index (χ0n) is 12.8. The topological polar surface area (TPSA) is 84.5 Å². The summed E-state index contributed by atoms with van der Waals surface area (Å²) < 4.78 is 26.3. The lowest BCUT2D eigenvalue weighted by Gasteiger charge is -2.29. The van der Waals surface area contributed by atoms with Crippen molar-refractivity contribution < 1.29 is 17.9 Å². The number of hydrogen-bond acceptors (Lipinski definition) is 5. The van der Waals surface area contributed by atoms with Crippen LogP contribution < -0.4 is 15.4 Å².